The number of Topliss-reactive ketones (excluding diaryl/α,β-unsaturated/α-hetero) is 1. The molecule has 0 saturated heterocycles. The first-order chi connectivity index (χ1) is 6.60. The van der Waals surface area contributed by atoms with Gasteiger partial charge >= 0.3 is 8.80 Å². The molecule has 0 atom stereocenters. The molecule has 84 valence electrons. The molecule has 5 heteroatoms. The van der Waals surface area contributed by atoms with Crippen LogP contribution in [0.5, 0.6) is 0 Å². The van der Waals surface area contributed by atoms with Crippen LogP contribution in [-0.2, 0) is 18.1 Å². The van der Waals surface area contributed by atoms with Gasteiger partial charge in [0.2, 0.25) is 0 Å². The normalized spacial score (nSPS) is 11.7. The van der Waals surface area contributed by atoms with Crippen molar-refractivity contribution in [2.24, 2.45) is 0 Å². The lowest BCUT2D eigenvalue weighted by Gasteiger charge is -2.27. The van der Waals surface area contributed by atoms with Gasteiger partial charge in [-0.2, -0.15) is 0 Å². The van der Waals surface area contributed by atoms with Crippen LogP contribution in [0.4, 0.5) is 0 Å². The first-order valence-corrected chi connectivity index (χ1v) is 6.94. The molecule has 0 amide bonds. The van der Waals surface area contributed by atoms with E-state index in [-0.39, 0.29) is 11.8 Å². The first kappa shape index (κ1) is 13.8. The number of rotatable bonds is 8. The summed E-state index contributed by atoms with van der Waals surface area (Å²) in [6.45, 7) is 8.69. The molecule has 4 nitrogen and oxygen atoms in total. The molecule has 0 bridgehead atoms. The fraction of sp³-hybridized carbons (Fsp3) is 0.889. The lowest BCUT2D eigenvalue weighted by Crippen LogP contribution is -2.47. The van der Waals surface area contributed by atoms with E-state index < -0.39 is 8.80 Å². The van der Waals surface area contributed by atoms with E-state index in [0.29, 0.717) is 19.8 Å². The predicted octanol–water partition coefficient (Wildman–Crippen LogP) is 1.62. The maximum atomic E-state index is 11.1. The van der Waals surface area contributed by atoms with Crippen molar-refractivity contribution in [2.45, 2.75) is 33.7 Å². The van der Waals surface area contributed by atoms with Crippen molar-refractivity contribution in [1.82, 2.24) is 0 Å². The molecule has 0 fully saturated rings. The third-order valence-electron chi connectivity index (χ3n) is 1.56. The van der Waals surface area contributed by atoms with Crippen LogP contribution in [0.25, 0.3) is 0 Å². The molecule has 0 rings (SSSR count). The Bertz CT molecular complexity index is 155. The summed E-state index contributed by atoms with van der Waals surface area (Å²) in [5.41, 5.74) is 0. The van der Waals surface area contributed by atoms with Crippen molar-refractivity contribution in [2.75, 3.05) is 19.8 Å². The standard InChI is InChI=1S/C9H20O4Si/c1-5-11-14(12-6-2,13-7-3)8-9(4)10/h5-8H2,1-4H3. The highest BCUT2D eigenvalue weighted by molar-refractivity contribution is 6.64. The van der Waals surface area contributed by atoms with Crippen LogP contribution >= 0.6 is 0 Å². The lowest BCUT2D eigenvalue weighted by molar-refractivity contribution is -0.116. The Kier molecular flexibility index (Phi) is 6.99. The molecule has 0 N–H and O–H groups in total. The SMILES string of the molecule is CCO[Si](CC(C)=O)(OCC)OCC. The van der Waals surface area contributed by atoms with E-state index in [1.54, 1.807) is 0 Å². The predicted molar refractivity (Wildman–Crippen MR) is 56.1 cm³/mol. The molecule has 0 aliphatic carbocycles. The van der Waals surface area contributed by atoms with Crippen LogP contribution in [-0.4, -0.2) is 34.4 Å². The molecule has 14 heavy (non-hydrogen) atoms. The van der Waals surface area contributed by atoms with Gasteiger partial charge in [-0.25, -0.2) is 0 Å². The summed E-state index contributed by atoms with van der Waals surface area (Å²) in [5.74, 6) is 0.0482. The maximum Gasteiger partial charge on any atom is 0.508 e. The van der Waals surface area contributed by atoms with Gasteiger partial charge in [-0.3, -0.25) is 0 Å². The average molecular weight is 220 g/mol. The molecule has 0 aromatic rings. The van der Waals surface area contributed by atoms with E-state index in [1.165, 1.54) is 6.92 Å². The summed E-state index contributed by atoms with van der Waals surface area (Å²) in [6.07, 6.45) is 0. The van der Waals surface area contributed by atoms with Crippen LogP contribution < -0.4 is 0 Å². The van der Waals surface area contributed by atoms with E-state index in [9.17, 15) is 4.79 Å². The molecule has 0 heterocycles. The maximum absolute atomic E-state index is 11.1. The van der Waals surface area contributed by atoms with Crippen molar-refractivity contribution in [3.63, 3.8) is 0 Å². The zero-order valence-electron chi connectivity index (χ0n) is 9.46. The Labute approximate surface area is 86.9 Å². The molecule has 0 aliphatic heterocycles. The topological polar surface area (TPSA) is 44.8 Å². The minimum absolute atomic E-state index is 0.0482. The zero-order valence-corrected chi connectivity index (χ0v) is 10.5. The average Bonchev–Trinajstić information content (AvgIpc) is 2.03. The second kappa shape index (κ2) is 7.11. The van der Waals surface area contributed by atoms with Gasteiger partial charge in [-0.1, -0.05) is 0 Å². The molecule has 0 aromatic heterocycles. The monoisotopic (exact) mass is 220 g/mol. The second-order valence-electron chi connectivity index (χ2n) is 2.86. The van der Waals surface area contributed by atoms with E-state index >= 15 is 0 Å². The minimum Gasteiger partial charge on any atom is -0.373 e. The molecular weight excluding hydrogens is 200 g/mol. The van der Waals surface area contributed by atoms with Crippen LogP contribution in [0.3, 0.4) is 0 Å². The van der Waals surface area contributed by atoms with Gasteiger partial charge in [-0.05, 0) is 27.7 Å². The highest BCUT2D eigenvalue weighted by Crippen LogP contribution is 2.16. The fourth-order valence-electron chi connectivity index (χ4n) is 1.24. The summed E-state index contributed by atoms with van der Waals surface area (Å²) in [6, 6.07) is 0.266. The number of carbonyl (C=O) groups is 1. The van der Waals surface area contributed by atoms with Gasteiger partial charge in [0.15, 0.2) is 0 Å². The minimum atomic E-state index is -2.71. The van der Waals surface area contributed by atoms with Crippen LogP contribution in [0.15, 0.2) is 0 Å². The Balaban J connectivity index is 4.45. The van der Waals surface area contributed by atoms with Crippen molar-refractivity contribution >= 4 is 14.6 Å². The lowest BCUT2D eigenvalue weighted by atomic mass is 10.5. The van der Waals surface area contributed by atoms with Crippen LogP contribution in [0.2, 0.25) is 6.04 Å². The Morgan fingerprint density at radius 3 is 1.57 bits per heavy atom. The van der Waals surface area contributed by atoms with E-state index in [1.807, 2.05) is 20.8 Å². The summed E-state index contributed by atoms with van der Waals surface area (Å²) in [4.78, 5) is 11.1. The highest BCUT2D eigenvalue weighted by atomic mass is 28.4. The number of carbonyl (C=O) groups excluding carboxylic acids is 1. The van der Waals surface area contributed by atoms with Gasteiger partial charge in [-0.15, -0.1) is 0 Å². The van der Waals surface area contributed by atoms with Gasteiger partial charge in [0.25, 0.3) is 0 Å². The van der Waals surface area contributed by atoms with Crippen molar-refractivity contribution in [3.8, 4) is 0 Å². The van der Waals surface area contributed by atoms with Crippen LogP contribution in [0, 0.1) is 0 Å². The molecule has 0 spiro atoms. The Morgan fingerprint density at radius 1 is 1.00 bits per heavy atom. The third kappa shape index (κ3) is 4.85. The third-order valence-corrected chi connectivity index (χ3v) is 4.67. The van der Waals surface area contributed by atoms with Gasteiger partial charge in [0.05, 0.1) is 6.04 Å². The van der Waals surface area contributed by atoms with E-state index in [4.69, 9.17) is 13.3 Å². The van der Waals surface area contributed by atoms with E-state index in [2.05, 4.69) is 0 Å². The highest BCUT2D eigenvalue weighted by Gasteiger charge is 2.41. The molecule has 0 aromatic carbocycles. The second-order valence-corrected chi connectivity index (χ2v) is 5.45. The summed E-state index contributed by atoms with van der Waals surface area (Å²) < 4.78 is 16.5. The zero-order chi connectivity index (χ0) is 11.0. The van der Waals surface area contributed by atoms with Crippen molar-refractivity contribution < 1.29 is 18.1 Å². The molecular formula is C9H20O4Si. The van der Waals surface area contributed by atoms with Gasteiger partial charge in [0.1, 0.15) is 5.78 Å². The van der Waals surface area contributed by atoms with Crippen molar-refractivity contribution in [3.05, 3.63) is 0 Å². The largest absolute Gasteiger partial charge is 0.508 e. The number of ketones is 1. The number of hydrogen-bond acceptors (Lipinski definition) is 4. The molecule has 0 radical (unpaired) electrons. The summed E-state index contributed by atoms with van der Waals surface area (Å²) in [7, 11) is -2.71. The molecule has 0 unspecified atom stereocenters. The van der Waals surface area contributed by atoms with Gasteiger partial charge in [0, 0.05) is 19.8 Å². The first-order valence-electron chi connectivity index (χ1n) is 5.01. The Morgan fingerprint density at radius 2 is 1.36 bits per heavy atom. The quantitative estimate of drug-likeness (QED) is 0.583. The van der Waals surface area contributed by atoms with Crippen molar-refractivity contribution in [1.29, 1.82) is 0 Å². The van der Waals surface area contributed by atoms with Crippen LogP contribution in [0.1, 0.15) is 27.7 Å². The molecule has 0 aliphatic rings. The van der Waals surface area contributed by atoms with Gasteiger partial charge < -0.3 is 18.1 Å². The fourth-order valence-corrected chi connectivity index (χ4v) is 3.73. The number of hydrogen-bond donors (Lipinski definition) is 0. The molecule has 0 saturated carbocycles. The smallest absolute Gasteiger partial charge is 0.373 e. The Hall–Kier alpha value is -0.233. The summed E-state index contributed by atoms with van der Waals surface area (Å²) >= 11 is 0. The summed E-state index contributed by atoms with van der Waals surface area (Å²) in [5, 5.41) is 0. The van der Waals surface area contributed by atoms with E-state index in [0.717, 1.165) is 0 Å².